The van der Waals surface area contributed by atoms with Crippen LogP contribution in [0.5, 0.6) is 5.75 Å². The summed E-state index contributed by atoms with van der Waals surface area (Å²) in [6.45, 7) is 4.45. The lowest BCUT2D eigenvalue weighted by molar-refractivity contribution is 0.0955. The lowest BCUT2D eigenvalue weighted by Crippen LogP contribution is -2.17. The number of hydrogen-bond acceptors (Lipinski definition) is 3. The zero-order valence-electron chi connectivity index (χ0n) is 16.4. The molecule has 0 fully saturated rings. The van der Waals surface area contributed by atoms with Crippen molar-refractivity contribution >= 4 is 51.3 Å². The smallest absolute Gasteiger partial charge is 0.271 e. The molecule has 0 atom stereocenters. The zero-order valence-corrected chi connectivity index (χ0v) is 19.5. The number of nitrogens with zero attached hydrogens (tertiary/aromatic N) is 1. The van der Waals surface area contributed by atoms with Gasteiger partial charge in [-0.2, -0.15) is 5.10 Å². The summed E-state index contributed by atoms with van der Waals surface area (Å²) in [5, 5.41) is 4.75. The molecule has 1 N–H and O–H groups in total. The molecule has 30 heavy (non-hydrogen) atoms. The number of benzene rings is 3. The summed E-state index contributed by atoms with van der Waals surface area (Å²) < 4.78 is 7.05. The Morgan fingerprint density at radius 1 is 1.03 bits per heavy atom. The highest BCUT2D eigenvalue weighted by atomic mass is 79.9. The average molecular weight is 506 g/mol. The molecular formula is C23H19BrCl2N2O2. The van der Waals surface area contributed by atoms with Gasteiger partial charge < -0.3 is 4.74 Å². The fourth-order valence-corrected chi connectivity index (χ4v) is 3.45. The van der Waals surface area contributed by atoms with Crippen LogP contribution >= 0.6 is 39.1 Å². The number of rotatable bonds is 6. The van der Waals surface area contributed by atoms with Crippen molar-refractivity contribution in [1.29, 1.82) is 0 Å². The maximum absolute atomic E-state index is 12.2. The van der Waals surface area contributed by atoms with Gasteiger partial charge in [0.15, 0.2) is 0 Å². The van der Waals surface area contributed by atoms with Crippen molar-refractivity contribution in [2.24, 2.45) is 5.10 Å². The minimum absolute atomic E-state index is 0.318. The average Bonchev–Trinajstić information content (AvgIpc) is 2.70. The second-order valence-corrected chi connectivity index (χ2v) is 8.46. The summed E-state index contributed by atoms with van der Waals surface area (Å²) >= 11 is 15.2. The number of carbonyl (C=O) groups excluding carboxylic acids is 1. The fourth-order valence-electron chi connectivity index (χ4n) is 2.89. The Morgan fingerprint density at radius 2 is 1.70 bits per heavy atom. The van der Waals surface area contributed by atoms with Gasteiger partial charge in [0, 0.05) is 10.0 Å². The first-order valence-electron chi connectivity index (χ1n) is 9.10. The van der Waals surface area contributed by atoms with Gasteiger partial charge in [-0.25, -0.2) is 5.43 Å². The van der Waals surface area contributed by atoms with Crippen LogP contribution in [0.25, 0.3) is 0 Å². The number of nitrogens with one attached hydrogen (secondary N) is 1. The predicted octanol–water partition coefficient (Wildman–Crippen LogP) is 6.72. The van der Waals surface area contributed by atoms with Crippen molar-refractivity contribution < 1.29 is 9.53 Å². The van der Waals surface area contributed by atoms with Crippen LogP contribution in [0.3, 0.4) is 0 Å². The Kier molecular flexibility index (Phi) is 7.53. The molecule has 0 aliphatic rings. The van der Waals surface area contributed by atoms with E-state index >= 15 is 0 Å². The third-order valence-corrected chi connectivity index (χ3v) is 5.61. The molecule has 1 amide bonds. The molecule has 0 aliphatic heterocycles. The maximum Gasteiger partial charge on any atom is 0.271 e. The quantitative estimate of drug-likeness (QED) is 0.298. The number of amides is 1. The predicted molar refractivity (Wildman–Crippen MR) is 126 cm³/mol. The first-order valence-corrected chi connectivity index (χ1v) is 10.7. The molecule has 4 nitrogen and oxygen atoms in total. The monoisotopic (exact) mass is 504 g/mol. The highest BCUT2D eigenvalue weighted by molar-refractivity contribution is 9.10. The third kappa shape index (κ3) is 5.85. The van der Waals surface area contributed by atoms with Crippen molar-refractivity contribution in [2.45, 2.75) is 20.5 Å². The van der Waals surface area contributed by atoms with Crippen LogP contribution in [0.4, 0.5) is 0 Å². The molecular weight excluding hydrogens is 487 g/mol. The first kappa shape index (κ1) is 22.3. The van der Waals surface area contributed by atoms with Crippen molar-refractivity contribution in [3.63, 3.8) is 0 Å². The molecule has 0 radical (unpaired) electrons. The lowest BCUT2D eigenvalue weighted by Gasteiger charge is -2.13. The van der Waals surface area contributed by atoms with Crippen molar-refractivity contribution in [2.75, 3.05) is 0 Å². The summed E-state index contributed by atoms with van der Waals surface area (Å²) in [6.07, 6.45) is 1.59. The Morgan fingerprint density at radius 3 is 2.33 bits per heavy atom. The minimum atomic E-state index is -0.368. The summed E-state index contributed by atoms with van der Waals surface area (Å²) in [5.74, 6) is 0.475. The van der Waals surface area contributed by atoms with Gasteiger partial charge in [0.05, 0.1) is 16.3 Å². The van der Waals surface area contributed by atoms with E-state index in [1.54, 1.807) is 18.3 Å². The van der Waals surface area contributed by atoms with Crippen molar-refractivity contribution in [3.8, 4) is 5.75 Å². The SMILES string of the molecule is Cc1cc(/C=N\NC(=O)c2ccc(Cl)c(Cl)c2)cc(C)c1OCc1ccc(Br)cc1. The Bertz CT molecular complexity index is 1080. The van der Waals surface area contributed by atoms with E-state index in [4.69, 9.17) is 27.9 Å². The third-order valence-electron chi connectivity index (χ3n) is 4.34. The standard InChI is InChI=1S/C23H19BrCl2N2O2/c1-14-9-17(12-27-28-23(29)18-5-8-20(25)21(26)11-18)10-15(2)22(14)30-13-16-3-6-19(24)7-4-16/h3-12H,13H2,1-2H3,(H,28,29)/b27-12-. The molecule has 7 heteroatoms. The summed E-state index contributed by atoms with van der Waals surface area (Å²) in [5.41, 5.74) is 6.80. The van der Waals surface area contributed by atoms with Crippen LogP contribution in [-0.2, 0) is 6.61 Å². The molecule has 3 aromatic carbocycles. The van der Waals surface area contributed by atoms with E-state index in [2.05, 4.69) is 26.5 Å². The fraction of sp³-hybridized carbons (Fsp3) is 0.130. The topological polar surface area (TPSA) is 50.7 Å². The molecule has 0 heterocycles. The summed E-state index contributed by atoms with van der Waals surface area (Å²) in [6, 6.07) is 16.6. The molecule has 0 saturated heterocycles. The molecule has 0 unspecified atom stereocenters. The number of ether oxygens (including phenoxy) is 1. The van der Waals surface area contributed by atoms with Crippen LogP contribution in [0, 0.1) is 13.8 Å². The molecule has 154 valence electrons. The van der Waals surface area contributed by atoms with Crippen LogP contribution in [0.15, 0.2) is 64.2 Å². The van der Waals surface area contributed by atoms with Gasteiger partial charge in [-0.1, -0.05) is 51.3 Å². The zero-order chi connectivity index (χ0) is 21.7. The number of halogens is 3. The number of hydrazone groups is 1. The summed E-state index contributed by atoms with van der Waals surface area (Å²) in [7, 11) is 0. The Labute approximate surface area is 194 Å². The minimum Gasteiger partial charge on any atom is -0.488 e. The van der Waals surface area contributed by atoms with E-state index < -0.39 is 0 Å². The molecule has 0 spiro atoms. The van der Waals surface area contributed by atoms with Gasteiger partial charge in [0.25, 0.3) is 5.91 Å². The molecule has 0 saturated carbocycles. The van der Waals surface area contributed by atoms with E-state index in [-0.39, 0.29) is 5.91 Å². The molecule has 3 aromatic rings. The Hall–Kier alpha value is -2.34. The Balaban J connectivity index is 1.64. The van der Waals surface area contributed by atoms with E-state index in [0.717, 1.165) is 32.5 Å². The number of hydrogen-bond donors (Lipinski definition) is 1. The molecule has 0 aliphatic carbocycles. The second-order valence-electron chi connectivity index (χ2n) is 6.73. The van der Waals surface area contributed by atoms with Gasteiger partial charge in [-0.3, -0.25) is 4.79 Å². The van der Waals surface area contributed by atoms with Gasteiger partial charge in [-0.05, 0) is 78.6 Å². The second kappa shape index (κ2) is 10.1. The van der Waals surface area contributed by atoms with E-state index in [1.165, 1.54) is 6.07 Å². The lowest BCUT2D eigenvalue weighted by atomic mass is 10.1. The van der Waals surface area contributed by atoms with Gasteiger partial charge in [0.2, 0.25) is 0 Å². The van der Waals surface area contributed by atoms with Gasteiger partial charge in [0.1, 0.15) is 12.4 Å². The van der Waals surface area contributed by atoms with Gasteiger partial charge in [-0.15, -0.1) is 0 Å². The van der Waals surface area contributed by atoms with E-state index in [1.807, 2.05) is 50.2 Å². The number of aryl methyl sites for hydroxylation is 2. The molecule has 0 aromatic heterocycles. The van der Waals surface area contributed by atoms with E-state index in [0.29, 0.717) is 22.2 Å². The normalized spacial score (nSPS) is 11.0. The van der Waals surface area contributed by atoms with Gasteiger partial charge >= 0.3 is 0 Å². The molecule has 0 bridgehead atoms. The van der Waals surface area contributed by atoms with Crippen molar-refractivity contribution in [1.82, 2.24) is 5.43 Å². The summed E-state index contributed by atoms with van der Waals surface area (Å²) in [4.78, 5) is 12.2. The molecule has 3 rings (SSSR count). The first-order chi connectivity index (χ1) is 14.3. The van der Waals surface area contributed by atoms with Crippen LogP contribution in [-0.4, -0.2) is 12.1 Å². The maximum atomic E-state index is 12.2. The largest absolute Gasteiger partial charge is 0.488 e. The van der Waals surface area contributed by atoms with Crippen LogP contribution < -0.4 is 10.2 Å². The van der Waals surface area contributed by atoms with E-state index in [9.17, 15) is 4.79 Å². The van der Waals surface area contributed by atoms with Crippen LogP contribution in [0.1, 0.15) is 32.6 Å². The van der Waals surface area contributed by atoms with Crippen molar-refractivity contribution in [3.05, 3.63) is 96.9 Å². The highest BCUT2D eigenvalue weighted by Crippen LogP contribution is 2.26. The number of carbonyl (C=O) groups is 1. The van der Waals surface area contributed by atoms with Crippen LogP contribution in [0.2, 0.25) is 10.0 Å². The highest BCUT2D eigenvalue weighted by Gasteiger charge is 2.08.